The molecule has 2 N–H and O–H groups in total. The molecule has 1 unspecified atom stereocenters. The first kappa shape index (κ1) is 19.8. The average Bonchev–Trinajstić information content (AvgIpc) is 2.60. The Hall–Kier alpha value is -2.53. The fraction of sp³-hybridized carbons (Fsp3) is 0.300. The quantitative estimate of drug-likeness (QED) is 0.700. The van der Waals surface area contributed by atoms with Gasteiger partial charge in [-0.2, -0.15) is 0 Å². The lowest BCUT2D eigenvalue weighted by Crippen LogP contribution is -2.25. The van der Waals surface area contributed by atoms with Crippen LogP contribution in [0.2, 0.25) is 5.02 Å². The van der Waals surface area contributed by atoms with E-state index in [1.54, 1.807) is 18.2 Å². The number of hydrogen-bond donors (Lipinski definition) is 2. The SMILES string of the molecule is CC(CC(=O)NCc1cccc(OCC(=O)O)c1)Cc1ccc(Cl)cc1. The number of carboxylic acid groups (broad SMARTS) is 1. The maximum absolute atomic E-state index is 12.1. The predicted molar refractivity (Wildman–Crippen MR) is 100 cm³/mol. The second-order valence-electron chi connectivity index (χ2n) is 6.25. The minimum atomic E-state index is -1.03. The average molecular weight is 376 g/mol. The Bertz CT molecular complexity index is 746. The molecule has 138 valence electrons. The van der Waals surface area contributed by atoms with Gasteiger partial charge >= 0.3 is 5.97 Å². The second kappa shape index (κ2) is 9.82. The topological polar surface area (TPSA) is 75.6 Å². The number of amides is 1. The Labute approximate surface area is 157 Å². The number of halogens is 1. The molecule has 1 atom stereocenters. The van der Waals surface area contributed by atoms with Crippen LogP contribution < -0.4 is 10.1 Å². The first-order chi connectivity index (χ1) is 12.4. The fourth-order valence-corrected chi connectivity index (χ4v) is 2.70. The number of nitrogens with one attached hydrogen (secondary N) is 1. The smallest absolute Gasteiger partial charge is 0.341 e. The molecule has 2 aromatic rings. The summed E-state index contributed by atoms with van der Waals surface area (Å²) in [5, 5.41) is 12.2. The van der Waals surface area contributed by atoms with Crippen LogP contribution in [-0.4, -0.2) is 23.6 Å². The van der Waals surface area contributed by atoms with Gasteiger partial charge in [0, 0.05) is 18.0 Å². The van der Waals surface area contributed by atoms with Gasteiger partial charge in [0.2, 0.25) is 5.91 Å². The van der Waals surface area contributed by atoms with Gasteiger partial charge in [0.15, 0.2) is 6.61 Å². The Kier molecular flexibility index (Phi) is 7.48. The van der Waals surface area contributed by atoms with Crippen molar-refractivity contribution in [2.75, 3.05) is 6.61 Å². The molecule has 1 amide bonds. The van der Waals surface area contributed by atoms with Crippen molar-refractivity contribution in [3.8, 4) is 5.75 Å². The molecule has 0 aliphatic carbocycles. The van der Waals surface area contributed by atoms with Gasteiger partial charge in [-0.25, -0.2) is 4.79 Å². The van der Waals surface area contributed by atoms with Gasteiger partial charge in [-0.3, -0.25) is 4.79 Å². The molecule has 0 fully saturated rings. The molecule has 0 saturated carbocycles. The Morgan fingerprint density at radius 2 is 1.88 bits per heavy atom. The fourth-order valence-electron chi connectivity index (χ4n) is 2.57. The van der Waals surface area contributed by atoms with Gasteiger partial charge in [-0.15, -0.1) is 0 Å². The lowest BCUT2D eigenvalue weighted by Gasteiger charge is -2.12. The van der Waals surface area contributed by atoms with E-state index in [2.05, 4.69) is 5.32 Å². The zero-order chi connectivity index (χ0) is 18.9. The Morgan fingerprint density at radius 1 is 1.15 bits per heavy atom. The van der Waals surface area contributed by atoms with Crippen molar-refractivity contribution in [1.82, 2.24) is 5.32 Å². The summed E-state index contributed by atoms with van der Waals surface area (Å²) in [6, 6.07) is 14.7. The maximum atomic E-state index is 12.1. The molecule has 0 radical (unpaired) electrons. The van der Waals surface area contributed by atoms with Crippen molar-refractivity contribution >= 4 is 23.5 Å². The number of aliphatic carboxylic acids is 1. The number of carbonyl (C=O) groups excluding carboxylic acids is 1. The summed E-state index contributed by atoms with van der Waals surface area (Å²) in [5.41, 5.74) is 2.00. The van der Waals surface area contributed by atoms with Gasteiger partial charge < -0.3 is 15.2 Å². The number of carboxylic acids is 1. The van der Waals surface area contributed by atoms with E-state index >= 15 is 0 Å². The molecule has 0 heterocycles. The molecule has 2 aromatic carbocycles. The number of benzene rings is 2. The third kappa shape index (κ3) is 7.15. The molecule has 0 saturated heterocycles. The van der Waals surface area contributed by atoms with E-state index in [-0.39, 0.29) is 11.8 Å². The highest BCUT2D eigenvalue weighted by molar-refractivity contribution is 6.30. The van der Waals surface area contributed by atoms with E-state index in [0.29, 0.717) is 23.7 Å². The summed E-state index contributed by atoms with van der Waals surface area (Å²) >= 11 is 5.88. The minimum absolute atomic E-state index is 0.0247. The number of ether oxygens (including phenoxy) is 1. The molecular weight excluding hydrogens is 354 g/mol. The lowest BCUT2D eigenvalue weighted by molar-refractivity contribution is -0.139. The van der Waals surface area contributed by atoms with Crippen molar-refractivity contribution in [1.29, 1.82) is 0 Å². The monoisotopic (exact) mass is 375 g/mol. The number of rotatable bonds is 9. The highest BCUT2D eigenvalue weighted by Crippen LogP contribution is 2.16. The van der Waals surface area contributed by atoms with Gasteiger partial charge in [0.05, 0.1) is 0 Å². The zero-order valence-corrected chi connectivity index (χ0v) is 15.3. The van der Waals surface area contributed by atoms with E-state index in [0.717, 1.165) is 17.5 Å². The van der Waals surface area contributed by atoms with Crippen LogP contribution in [0.15, 0.2) is 48.5 Å². The lowest BCUT2D eigenvalue weighted by atomic mass is 9.98. The maximum Gasteiger partial charge on any atom is 0.341 e. The van der Waals surface area contributed by atoms with Crippen molar-refractivity contribution in [3.05, 3.63) is 64.7 Å². The summed E-state index contributed by atoms with van der Waals surface area (Å²) in [6.07, 6.45) is 1.24. The van der Waals surface area contributed by atoms with Gasteiger partial charge in [0.25, 0.3) is 0 Å². The Morgan fingerprint density at radius 3 is 2.58 bits per heavy atom. The normalized spacial score (nSPS) is 11.6. The van der Waals surface area contributed by atoms with Gasteiger partial charge in [-0.1, -0.05) is 42.8 Å². The number of hydrogen-bond acceptors (Lipinski definition) is 3. The van der Waals surface area contributed by atoms with E-state index < -0.39 is 12.6 Å². The zero-order valence-electron chi connectivity index (χ0n) is 14.6. The van der Waals surface area contributed by atoms with Crippen molar-refractivity contribution in [2.45, 2.75) is 26.3 Å². The molecule has 26 heavy (non-hydrogen) atoms. The van der Waals surface area contributed by atoms with E-state index in [1.165, 1.54) is 0 Å². The second-order valence-corrected chi connectivity index (χ2v) is 6.68. The molecule has 0 spiro atoms. The van der Waals surface area contributed by atoms with Crippen LogP contribution in [0.3, 0.4) is 0 Å². The summed E-state index contributed by atoms with van der Waals surface area (Å²) in [7, 11) is 0. The summed E-state index contributed by atoms with van der Waals surface area (Å²) in [6.45, 7) is 2.02. The van der Waals surface area contributed by atoms with Crippen LogP contribution in [0.1, 0.15) is 24.5 Å². The molecule has 0 bridgehead atoms. The highest BCUT2D eigenvalue weighted by Gasteiger charge is 2.10. The van der Waals surface area contributed by atoms with Crippen LogP contribution in [0.25, 0.3) is 0 Å². The molecule has 0 aliphatic heterocycles. The highest BCUT2D eigenvalue weighted by atomic mass is 35.5. The number of carbonyl (C=O) groups is 2. The van der Waals surface area contributed by atoms with Crippen LogP contribution in [0.4, 0.5) is 0 Å². The third-order valence-corrected chi connectivity index (χ3v) is 4.03. The van der Waals surface area contributed by atoms with E-state index in [9.17, 15) is 9.59 Å². The van der Waals surface area contributed by atoms with Crippen LogP contribution in [-0.2, 0) is 22.6 Å². The standard InChI is InChI=1S/C20H22ClNO4/c1-14(9-15-5-7-17(21)8-6-15)10-19(23)22-12-16-3-2-4-18(11-16)26-13-20(24)25/h2-8,11,14H,9-10,12-13H2,1H3,(H,22,23)(H,24,25). The minimum Gasteiger partial charge on any atom is -0.482 e. The largest absolute Gasteiger partial charge is 0.482 e. The molecule has 2 rings (SSSR count). The van der Waals surface area contributed by atoms with E-state index in [1.807, 2.05) is 37.3 Å². The summed E-state index contributed by atoms with van der Waals surface area (Å²) in [5.74, 6) is -0.377. The van der Waals surface area contributed by atoms with Crippen molar-refractivity contribution in [3.63, 3.8) is 0 Å². The van der Waals surface area contributed by atoms with Gasteiger partial charge in [-0.05, 0) is 47.7 Å². The molecule has 0 aromatic heterocycles. The molecule has 0 aliphatic rings. The van der Waals surface area contributed by atoms with Crippen LogP contribution in [0.5, 0.6) is 5.75 Å². The molecular formula is C20H22ClNO4. The van der Waals surface area contributed by atoms with Gasteiger partial charge in [0.1, 0.15) is 5.75 Å². The first-order valence-corrected chi connectivity index (χ1v) is 8.75. The van der Waals surface area contributed by atoms with Crippen molar-refractivity contribution < 1.29 is 19.4 Å². The van der Waals surface area contributed by atoms with Crippen molar-refractivity contribution in [2.24, 2.45) is 5.92 Å². The van der Waals surface area contributed by atoms with E-state index in [4.69, 9.17) is 21.4 Å². The third-order valence-electron chi connectivity index (χ3n) is 3.78. The summed E-state index contributed by atoms with van der Waals surface area (Å²) < 4.78 is 5.13. The van der Waals surface area contributed by atoms with Crippen LogP contribution in [0, 0.1) is 5.92 Å². The predicted octanol–water partition coefficient (Wildman–Crippen LogP) is 3.69. The Balaban J connectivity index is 1.78. The molecule has 6 heteroatoms. The molecule has 5 nitrogen and oxygen atoms in total. The summed E-state index contributed by atoms with van der Waals surface area (Å²) in [4.78, 5) is 22.7. The van der Waals surface area contributed by atoms with Crippen LogP contribution >= 0.6 is 11.6 Å². The first-order valence-electron chi connectivity index (χ1n) is 8.37.